The van der Waals surface area contributed by atoms with Gasteiger partial charge in [0, 0.05) is 28.4 Å². The number of aromatic nitrogens is 1. The molecule has 0 aliphatic carbocycles. The molecule has 102 valence electrons. The number of aliphatic carboxylic acids is 1. The summed E-state index contributed by atoms with van der Waals surface area (Å²) in [6.45, 7) is 2.97. The number of carboxylic acids is 1. The van der Waals surface area contributed by atoms with E-state index >= 15 is 0 Å². The molecule has 1 atom stereocenters. The second-order valence-corrected chi connectivity index (χ2v) is 4.85. The van der Waals surface area contributed by atoms with Gasteiger partial charge in [0.15, 0.2) is 0 Å². The normalized spacial score (nSPS) is 12.9. The molecule has 0 aliphatic heterocycles. The highest BCUT2D eigenvalue weighted by molar-refractivity contribution is 6.08. The van der Waals surface area contributed by atoms with Gasteiger partial charge in [0.05, 0.1) is 0 Å². The molecule has 0 aliphatic rings. The molecular formula is C16H16N2O2. The van der Waals surface area contributed by atoms with Gasteiger partial charge >= 0.3 is 5.97 Å². The monoisotopic (exact) mass is 268 g/mol. The number of hydrogen-bond donors (Lipinski definition) is 2. The van der Waals surface area contributed by atoms with Crippen molar-refractivity contribution >= 4 is 27.8 Å². The summed E-state index contributed by atoms with van der Waals surface area (Å²) in [5.41, 5.74) is 8.60. The molecule has 0 spiro atoms. The van der Waals surface area contributed by atoms with Crippen molar-refractivity contribution in [2.24, 2.45) is 5.73 Å². The fraction of sp³-hybridized carbons (Fsp3) is 0.188. The lowest BCUT2D eigenvalue weighted by atomic mass is 10.0. The third kappa shape index (κ3) is 1.77. The molecule has 0 amide bonds. The van der Waals surface area contributed by atoms with Crippen LogP contribution in [0.4, 0.5) is 0 Å². The number of rotatable bonds is 3. The van der Waals surface area contributed by atoms with E-state index in [2.05, 4.69) is 23.6 Å². The first-order valence-electron chi connectivity index (χ1n) is 6.62. The minimum Gasteiger partial charge on any atom is -0.480 e. The highest BCUT2D eigenvalue weighted by Crippen LogP contribution is 2.30. The van der Waals surface area contributed by atoms with Crippen LogP contribution in [0.3, 0.4) is 0 Å². The van der Waals surface area contributed by atoms with Crippen molar-refractivity contribution in [2.45, 2.75) is 19.5 Å². The van der Waals surface area contributed by atoms with E-state index in [9.17, 15) is 4.79 Å². The maximum Gasteiger partial charge on any atom is 0.325 e. The number of nitrogens with zero attached hydrogens (tertiary/aromatic N) is 1. The van der Waals surface area contributed by atoms with Gasteiger partial charge in [-0.2, -0.15) is 0 Å². The molecule has 20 heavy (non-hydrogen) atoms. The Morgan fingerprint density at radius 2 is 1.90 bits per heavy atom. The van der Waals surface area contributed by atoms with Gasteiger partial charge in [-0.1, -0.05) is 24.3 Å². The molecule has 4 nitrogen and oxygen atoms in total. The Bertz CT molecular complexity index is 805. The molecule has 4 heteroatoms. The van der Waals surface area contributed by atoms with E-state index in [-0.39, 0.29) is 0 Å². The molecule has 0 radical (unpaired) electrons. The minimum absolute atomic E-state index is 0.629. The maximum absolute atomic E-state index is 11.0. The number of fused-ring (bicyclic) bond motifs is 3. The van der Waals surface area contributed by atoms with Crippen molar-refractivity contribution in [3.8, 4) is 0 Å². The van der Waals surface area contributed by atoms with Crippen LogP contribution in [0.25, 0.3) is 21.8 Å². The summed E-state index contributed by atoms with van der Waals surface area (Å²) in [6, 6.07) is 12.8. The predicted molar refractivity (Wildman–Crippen MR) is 79.7 cm³/mol. The number of carbonyl (C=O) groups is 1. The summed E-state index contributed by atoms with van der Waals surface area (Å²) >= 11 is 0. The summed E-state index contributed by atoms with van der Waals surface area (Å²) in [5, 5.41) is 11.2. The molecular weight excluding hydrogens is 252 g/mol. The van der Waals surface area contributed by atoms with Crippen molar-refractivity contribution in [1.82, 2.24) is 4.57 Å². The van der Waals surface area contributed by atoms with Crippen molar-refractivity contribution in [1.29, 1.82) is 0 Å². The third-order valence-electron chi connectivity index (χ3n) is 3.74. The van der Waals surface area contributed by atoms with E-state index in [1.54, 1.807) is 6.07 Å². The van der Waals surface area contributed by atoms with Crippen molar-refractivity contribution < 1.29 is 9.90 Å². The maximum atomic E-state index is 11.0. The molecule has 0 bridgehead atoms. The van der Waals surface area contributed by atoms with E-state index in [0.717, 1.165) is 28.4 Å². The molecule has 1 aromatic heterocycles. The quantitative estimate of drug-likeness (QED) is 0.767. The number of benzene rings is 2. The number of carboxylic acid groups (broad SMARTS) is 1. The number of hydrogen-bond acceptors (Lipinski definition) is 2. The summed E-state index contributed by atoms with van der Waals surface area (Å²) in [7, 11) is 0. The van der Waals surface area contributed by atoms with Gasteiger partial charge in [0.25, 0.3) is 0 Å². The first-order chi connectivity index (χ1) is 9.63. The van der Waals surface area contributed by atoms with E-state index in [1.807, 2.05) is 24.3 Å². The molecule has 0 saturated carbocycles. The van der Waals surface area contributed by atoms with Gasteiger partial charge < -0.3 is 15.4 Å². The zero-order chi connectivity index (χ0) is 14.3. The van der Waals surface area contributed by atoms with E-state index in [0.29, 0.717) is 5.56 Å². The predicted octanol–water partition coefficient (Wildman–Crippen LogP) is 2.90. The highest BCUT2D eigenvalue weighted by Gasteiger charge is 2.16. The Kier molecular flexibility index (Phi) is 2.95. The smallest absolute Gasteiger partial charge is 0.325 e. The zero-order valence-electron chi connectivity index (χ0n) is 11.2. The highest BCUT2D eigenvalue weighted by atomic mass is 16.4. The lowest BCUT2D eigenvalue weighted by Crippen LogP contribution is -2.20. The van der Waals surface area contributed by atoms with Crippen LogP contribution in [0.1, 0.15) is 18.5 Å². The van der Waals surface area contributed by atoms with Gasteiger partial charge in [-0.3, -0.25) is 4.79 Å². The van der Waals surface area contributed by atoms with Crippen LogP contribution in [0.15, 0.2) is 42.5 Å². The summed E-state index contributed by atoms with van der Waals surface area (Å²) in [5.74, 6) is -1.01. The van der Waals surface area contributed by atoms with Crippen LogP contribution >= 0.6 is 0 Å². The fourth-order valence-corrected chi connectivity index (χ4v) is 2.75. The Morgan fingerprint density at radius 3 is 2.60 bits per heavy atom. The van der Waals surface area contributed by atoms with Gasteiger partial charge in [0.2, 0.25) is 0 Å². The molecule has 0 saturated heterocycles. The number of para-hydroxylation sites is 1. The van der Waals surface area contributed by atoms with Gasteiger partial charge in [0.1, 0.15) is 6.04 Å². The van der Waals surface area contributed by atoms with Gasteiger partial charge in [-0.05, 0) is 30.7 Å². The zero-order valence-corrected chi connectivity index (χ0v) is 11.2. The fourth-order valence-electron chi connectivity index (χ4n) is 2.75. The summed E-state index contributed by atoms with van der Waals surface area (Å²) in [6.07, 6.45) is 0. The van der Waals surface area contributed by atoms with E-state index in [1.165, 1.54) is 0 Å². The summed E-state index contributed by atoms with van der Waals surface area (Å²) < 4.78 is 2.22. The van der Waals surface area contributed by atoms with E-state index in [4.69, 9.17) is 10.8 Å². The van der Waals surface area contributed by atoms with Crippen molar-refractivity contribution in [2.75, 3.05) is 0 Å². The summed E-state index contributed by atoms with van der Waals surface area (Å²) in [4.78, 5) is 11.0. The van der Waals surface area contributed by atoms with Crippen LogP contribution in [-0.4, -0.2) is 15.6 Å². The van der Waals surface area contributed by atoms with Crippen LogP contribution in [0, 0.1) is 0 Å². The van der Waals surface area contributed by atoms with Crippen molar-refractivity contribution in [3.05, 3.63) is 48.0 Å². The van der Waals surface area contributed by atoms with Crippen molar-refractivity contribution in [3.63, 3.8) is 0 Å². The van der Waals surface area contributed by atoms with Crippen LogP contribution in [0.2, 0.25) is 0 Å². The Labute approximate surface area is 116 Å². The van der Waals surface area contributed by atoms with Crippen LogP contribution in [-0.2, 0) is 11.3 Å². The molecule has 1 heterocycles. The number of aryl methyl sites for hydroxylation is 1. The molecule has 3 N–H and O–H groups in total. The molecule has 0 fully saturated rings. The Hall–Kier alpha value is -2.33. The number of nitrogens with two attached hydrogens (primary N) is 1. The first kappa shape index (κ1) is 12.7. The third-order valence-corrected chi connectivity index (χ3v) is 3.74. The average molecular weight is 268 g/mol. The second-order valence-electron chi connectivity index (χ2n) is 4.85. The van der Waals surface area contributed by atoms with E-state index < -0.39 is 12.0 Å². The van der Waals surface area contributed by atoms with Gasteiger partial charge in [-0.25, -0.2) is 0 Å². The molecule has 3 rings (SSSR count). The first-order valence-corrected chi connectivity index (χ1v) is 6.62. The molecule has 2 aromatic carbocycles. The van der Waals surface area contributed by atoms with Crippen LogP contribution in [0.5, 0.6) is 0 Å². The Morgan fingerprint density at radius 1 is 1.20 bits per heavy atom. The largest absolute Gasteiger partial charge is 0.480 e. The van der Waals surface area contributed by atoms with Crippen LogP contribution < -0.4 is 5.73 Å². The topological polar surface area (TPSA) is 68.2 Å². The standard InChI is InChI=1S/C16H16N2O2/c1-2-18-13-6-4-3-5-11(13)12-9-10(7-8-14(12)18)15(17)16(19)20/h3-9,15H,2,17H2,1H3,(H,19,20)/t15-/m0/s1. The lowest BCUT2D eigenvalue weighted by Gasteiger charge is -2.07. The SMILES string of the molecule is CCn1c2ccccc2c2cc([C@H](N)C(=O)O)ccc21. The molecule has 0 unspecified atom stereocenters. The Balaban J connectivity index is 2.34. The molecule has 3 aromatic rings. The van der Waals surface area contributed by atoms with Gasteiger partial charge in [-0.15, -0.1) is 0 Å². The second kappa shape index (κ2) is 4.65. The average Bonchev–Trinajstić information content (AvgIpc) is 2.79. The lowest BCUT2D eigenvalue weighted by molar-refractivity contribution is -0.138. The minimum atomic E-state index is -1.01.